The van der Waals surface area contributed by atoms with Gasteiger partial charge in [0, 0.05) is 22.8 Å². The van der Waals surface area contributed by atoms with Crippen LogP contribution in [0.1, 0.15) is 111 Å². The molecule has 6 heteroatoms. The molecule has 4 rings (SSSR count). The molecule has 1 aliphatic heterocycles. The van der Waals surface area contributed by atoms with Crippen LogP contribution in [0.2, 0.25) is 0 Å². The Balaban J connectivity index is 1.55. The van der Waals surface area contributed by atoms with Gasteiger partial charge < -0.3 is 0 Å². The van der Waals surface area contributed by atoms with Gasteiger partial charge in [-0.1, -0.05) is 12.8 Å². The van der Waals surface area contributed by atoms with Crippen molar-refractivity contribution in [2.45, 2.75) is 123 Å². The van der Waals surface area contributed by atoms with E-state index >= 15 is 0 Å². The van der Waals surface area contributed by atoms with Gasteiger partial charge in [-0.3, -0.25) is 20.0 Å². The van der Waals surface area contributed by atoms with Crippen LogP contribution in [0.3, 0.4) is 0 Å². The predicted molar refractivity (Wildman–Crippen MR) is 167 cm³/mol. The molecular weight excluding hydrogens is 486 g/mol. The van der Waals surface area contributed by atoms with Gasteiger partial charge in [0.15, 0.2) is 0 Å². The van der Waals surface area contributed by atoms with E-state index in [2.05, 4.69) is 37.8 Å². The molecule has 0 radical (unpaired) electrons. The Labute approximate surface area is 237 Å². The lowest BCUT2D eigenvalue weighted by atomic mass is 9.77. The minimum Gasteiger partial charge on any atom is -0.292 e. The molecule has 4 aliphatic rings. The van der Waals surface area contributed by atoms with Crippen LogP contribution >= 0.6 is 12.2 Å². The zero-order chi connectivity index (χ0) is 26.9. The number of thiocarbonyl (C=S) groups is 1. The smallest absolute Gasteiger partial charge is 0.0696 e. The van der Waals surface area contributed by atoms with Crippen LogP contribution in [0.5, 0.6) is 0 Å². The van der Waals surface area contributed by atoms with E-state index in [1.165, 1.54) is 87.1 Å². The molecule has 3 saturated carbocycles. The van der Waals surface area contributed by atoms with Crippen molar-refractivity contribution in [1.29, 1.82) is 0 Å². The Morgan fingerprint density at radius 1 is 0.684 bits per heavy atom. The summed E-state index contributed by atoms with van der Waals surface area (Å²) in [5.41, 5.74) is 5.37. The molecule has 1 heterocycles. The zero-order valence-corrected chi connectivity index (χ0v) is 25.3. The second-order valence-corrected chi connectivity index (χ2v) is 12.9. The molecule has 0 aromatic carbocycles. The second kappa shape index (κ2) is 14.7. The minimum atomic E-state index is 0.289. The van der Waals surface area contributed by atoms with Crippen LogP contribution < -0.4 is 0 Å². The SMILES string of the molecule is CC1=NCCN=C(C)C2CCCC(C2)C(C)=NC(CC2CCC(N=C=S)CC2)CN=C(C)C2CCCC1C2. The Hall–Kier alpha value is -1.52. The highest BCUT2D eigenvalue weighted by Crippen LogP contribution is 2.34. The van der Waals surface area contributed by atoms with Crippen molar-refractivity contribution >= 4 is 40.2 Å². The average molecular weight is 538 g/mol. The molecule has 5 unspecified atom stereocenters. The zero-order valence-electron chi connectivity index (χ0n) is 24.5. The van der Waals surface area contributed by atoms with Crippen molar-refractivity contribution in [2.24, 2.45) is 54.6 Å². The van der Waals surface area contributed by atoms with Gasteiger partial charge in [-0.2, -0.15) is 0 Å². The average Bonchev–Trinajstić information content (AvgIpc) is 2.94. The highest BCUT2D eigenvalue weighted by Gasteiger charge is 2.29. The van der Waals surface area contributed by atoms with Gasteiger partial charge in [-0.05, 0) is 140 Å². The van der Waals surface area contributed by atoms with Crippen molar-refractivity contribution in [3.05, 3.63) is 0 Å². The standard InChI is InChI=1S/C32H51N5S/c1-22-27-7-5-9-29(18-27)24(3)35-20-32(17-26-11-13-31(14-12-26)36-21-38)37-25(4)30-10-6-8-28(19-30)23(2)34-16-15-33-22/h26-32H,5-20H2,1-4H3. The molecule has 5 nitrogen and oxygen atoms in total. The summed E-state index contributed by atoms with van der Waals surface area (Å²) in [4.78, 5) is 25.1. The first kappa shape index (κ1) is 29.5. The number of hydrogen-bond donors (Lipinski definition) is 0. The number of rotatable bonds is 3. The minimum absolute atomic E-state index is 0.289. The van der Waals surface area contributed by atoms with Crippen LogP contribution in [0, 0.1) is 29.6 Å². The summed E-state index contributed by atoms with van der Waals surface area (Å²) >= 11 is 4.85. The summed E-state index contributed by atoms with van der Waals surface area (Å²) in [6.45, 7) is 11.6. The maximum atomic E-state index is 5.46. The molecule has 210 valence electrons. The van der Waals surface area contributed by atoms with Crippen molar-refractivity contribution in [3.8, 4) is 0 Å². The Morgan fingerprint density at radius 3 is 1.71 bits per heavy atom. The molecule has 5 atom stereocenters. The van der Waals surface area contributed by atoms with Crippen molar-refractivity contribution in [1.82, 2.24) is 0 Å². The number of fused-ring (bicyclic) bond motifs is 4. The van der Waals surface area contributed by atoms with Gasteiger partial charge in [-0.25, -0.2) is 4.99 Å². The molecule has 0 spiro atoms. The highest BCUT2D eigenvalue weighted by molar-refractivity contribution is 7.78. The lowest BCUT2D eigenvalue weighted by molar-refractivity contribution is 0.296. The monoisotopic (exact) mass is 537 g/mol. The second-order valence-electron chi connectivity index (χ2n) is 12.7. The molecule has 3 aliphatic carbocycles. The van der Waals surface area contributed by atoms with Crippen molar-refractivity contribution in [2.75, 3.05) is 19.6 Å². The Morgan fingerprint density at radius 2 is 1.18 bits per heavy atom. The van der Waals surface area contributed by atoms with Gasteiger partial charge in [0.25, 0.3) is 0 Å². The Bertz CT molecular complexity index is 951. The summed E-state index contributed by atoms with van der Waals surface area (Å²) in [7, 11) is 0. The third kappa shape index (κ3) is 8.49. The van der Waals surface area contributed by atoms with Crippen molar-refractivity contribution < 1.29 is 0 Å². The predicted octanol–water partition coefficient (Wildman–Crippen LogP) is 7.88. The van der Waals surface area contributed by atoms with Gasteiger partial charge >= 0.3 is 0 Å². The summed E-state index contributed by atoms with van der Waals surface area (Å²) in [6, 6.07) is 0.673. The third-order valence-electron chi connectivity index (χ3n) is 10.1. The van der Waals surface area contributed by atoms with E-state index in [4.69, 9.17) is 32.2 Å². The van der Waals surface area contributed by atoms with Crippen LogP contribution in [0.25, 0.3) is 0 Å². The first-order valence-electron chi connectivity index (χ1n) is 15.6. The Kier molecular flexibility index (Phi) is 11.4. The normalized spacial score (nSPS) is 35.8. The molecular formula is C32H51N5S. The van der Waals surface area contributed by atoms with E-state index in [1.807, 2.05) is 0 Å². The number of isothiocyanates is 1. The maximum Gasteiger partial charge on any atom is 0.0696 e. The topological polar surface area (TPSA) is 61.8 Å². The van der Waals surface area contributed by atoms with Crippen LogP contribution in [0.15, 0.2) is 25.0 Å². The molecule has 0 amide bonds. The van der Waals surface area contributed by atoms with Gasteiger partial charge in [0.2, 0.25) is 0 Å². The first-order valence-corrected chi connectivity index (χ1v) is 16.0. The number of hydrogen-bond acceptors (Lipinski definition) is 6. The van der Waals surface area contributed by atoms with E-state index in [9.17, 15) is 0 Å². The largest absolute Gasteiger partial charge is 0.292 e. The molecule has 0 saturated heterocycles. The van der Waals surface area contributed by atoms with E-state index < -0.39 is 0 Å². The molecule has 4 bridgehead atoms. The van der Waals surface area contributed by atoms with E-state index in [0.29, 0.717) is 35.6 Å². The summed E-state index contributed by atoms with van der Waals surface area (Å²) in [5.74, 6) is 3.08. The van der Waals surface area contributed by atoms with Crippen LogP contribution in [0.4, 0.5) is 0 Å². The fourth-order valence-electron chi connectivity index (χ4n) is 7.52. The molecule has 0 aromatic rings. The lowest BCUT2D eigenvalue weighted by Crippen LogP contribution is -2.29. The lowest BCUT2D eigenvalue weighted by Gasteiger charge is -2.31. The molecule has 3 fully saturated rings. The van der Waals surface area contributed by atoms with Gasteiger partial charge in [-0.15, -0.1) is 0 Å². The van der Waals surface area contributed by atoms with E-state index in [0.717, 1.165) is 38.9 Å². The van der Waals surface area contributed by atoms with Crippen LogP contribution in [-0.2, 0) is 0 Å². The fourth-order valence-corrected chi connectivity index (χ4v) is 7.67. The third-order valence-corrected chi connectivity index (χ3v) is 10.2. The van der Waals surface area contributed by atoms with E-state index in [1.54, 1.807) is 0 Å². The quantitative estimate of drug-likeness (QED) is 0.267. The van der Waals surface area contributed by atoms with Gasteiger partial charge in [0.1, 0.15) is 0 Å². The highest BCUT2D eigenvalue weighted by atomic mass is 32.1. The fraction of sp³-hybridized carbons (Fsp3) is 0.844. The summed E-state index contributed by atoms with van der Waals surface area (Å²) in [5, 5.41) is 2.61. The van der Waals surface area contributed by atoms with E-state index in [-0.39, 0.29) is 6.04 Å². The summed E-state index contributed by atoms with van der Waals surface area (Å²) in [6.07, 6.45) is 15.9. The molecule has 0 aromatic heterocycles. The molecule has 0 N–H and O–H groups in total. The molecule has 38 heavy (non-hydrogen) atoms. The van der Waals surface area contributed by atoms with Crippen molar-refractivity contribution in [3.63, 3.8) is 0 Å². The number of nitrogens with zero attached hydrogens (tertiary/aromatic N) is 5. The summed E-state index contributed by atoms with van der Waals surface area (Å²) < 4.78 is 0. The maximum absolute atomic E-state index is 5.46. The first-order chi connectivity index (χ1) is 18.4. The van der Waals surface area contributed by atoms with Gasteiger partial charge in [0.05, 0.1) is 36.9 Å². The number of aliphatic imine (C=N–C) groups is 5. The van der Waals surface area contributed by atoms with Crippen LogP contribution in [-0.4, -0.2) is 59.7 Å².